The molecular weight excluding hydrogens is 429 g/mol. The first kappa shape index (κ1) is 21.8. The Kier molecular flexibility index (Phi) is 5.80. The van der Waals surface area contributed by atoms with Gasteiger partial charge in [0, 0.05) is 53.0 Å². The summed E-state index contributed by atoms with van der Waals surface area (Å²) in [6.07, 6.45) is 4.44. The van der Waals surface area contributed by atoms with Crippen LogP contribution in [-0.2, 0) is 9.59 Å². The van der Waals surface area contributed by atoms with Crippen LogP contribution < -0.4 is 10.6 Å². The maximum absolute atomic E-state index is 13.6. The van der Waals surface area contributed by atoms with E-state index in [1.165, 1.54) is 24.3 Å². The SMILES string of the molecule is CC1=C(C(=O)Nc2ccc(F)cc2)[C@H](c2cccnc2)C2=C(C[C@H](c3ccccc3)CC2=O)N1. The Balaban J connectivity index is 1.54. The molecule has 5 nitrogen and oxygen atoms in total. The predicted octanol–water partition coefficient (Wildman–Crippen LogP) is 5.22. The fourth-order valence-corrected chi connectivity index (χ4v) is 4.91. The summed E-state index contributed by atoms with van der Waals surface area (Å²) in [5.41, 5.74) is 5.02. The van der Waals surface area contributed by atoms with E-state index in [9.17, 15) is 14.0 Å². The molecule has 5 rings (SSSR count). The highest BCUT2D eigenvalue weighted by Crippen LogP contribution is 2.45. The Labute approximate surface area is 197 Å². The van der Waals surface area contributed by atoms with Gasteiger partial charge in [-0.2, -0.15) is 0 Å². The van der Waals surface area contributed by atoms with Gasteiger partial charge in [-0.3, -0.25) is 14.6 Å². The smallest absolute Gasteiger partial charge is 0.254 e. The van der Waals surface area contributed by atoms with E-state index in [1.807, 2.05) is 37.3 Å². The van der Waals surface area contributed by atoms with Crippen LogP contribution in [0.25, 0.3) is 0 Å². The fourth-order valence-electron chi connectivity index (χ4n) is 4.91. The van der Waals surface area contributed by atoms with Crippen LogP contribution in [0.5, 0.6) is 0 Å². The van der Waals surface area contributed by atoms with E-state index in [1.54, 1.807) is 12.4 Å². The van der Waals surface area contributed by atoms with Crippen LogP contribution in [-0.4, -0.2) is 16.7 Å². The molecule has 2 aliphatic rings. The molecule has 0 fully saturated rings. The van der Waals surface area contributed by atoms with E-state index >= 15 is 0 Å². The van der Waals surface area contributed by atoms with E-state index in [4.69, 9.17) is 0 Å². The normalized spacial score (nSPS) is 20.0. The lowest BCUT2D eigenvalue weighted by molar-refractivity contribution is -0.116. The molecule has 0 unspecified atom stereocenters. The third-order valence-corrected chi connectivity index (χ3v) is 6.46. The summed E-state index contributed by atoms with van der Waals surface area (Å²) in [7, 11) is 0. The number of nitrogens with zero attached hydrogens (tertiary/aromatic N) is 1. The van der Waals surface area contributed by atoms with Crippen molar-refractivity contribution in [2.45, 2.75) is 31.6 Å². The number of hydrogen-bond donors (Lipinski definition) is 2. The number of carbonyl (C=O) groups excluding carboxylic acids is 2. The molecule has 2 N–H and O–H groups in total. The molecule has 0 spiro atoms. The van der Waals surface area contributed by atoms with Crippen LogP contribution in [0, 0.1) is 5.82 Å². The van der Waals surface area contributed by atoms with Crippen molar-refractivity contribution in [2.75, 3.05) is 5.32 Å². The van der Waals surface area contributed by atoms with Crippen molar-refractivity contribution in [3.05, 3.63) is 119 Å². The Morgan fingerprint density at radius 3 is 2.44 bits per heavy atom. The van der Waals surface area contributed by atoms with Crippen LogP contribution in [0.2, 0.25) is 0 Å². The number of ketones is 1. The highest BCUT2D eigenvalue weighted by molar-refractivity contribution is 6.10. The number of allylic oxidation sites excluding steroid dienone is 3. The maximum atomic E-state index is 13.6. The standard InChI is InChI=1S/C28H24FN3O2/c1-17-25(28(34)32-22-11-9-21(29)10-12-22)26(19-8-5-13-30-16-19)27-23(31-17)14-20(15-24(27)33)18-6-3-2-4-7-18/h2-13,16,20,26,31H,14-15H2,1H3,(H,32,34)/t20-,26-/m0/s1. The molecular formula is C28H24FN3O2. The Bertz CT molecular complexity index is 1300. The molecule has 2 aromatic carbocycles. The molecule has 0 radical (unpaired) electrons. The van der Waals surface area contributed by atoms with Gasteiger partial charge in [0.25, 0.3) is 5.91 Å². The number of rotatable bonds is 4. The summed E-state index contributed by atoms with van der Waals surface area (Å²) >= 11 is 0. The molecule has 0 saturated carbocycles. The van der Waals surface area contributed by atoms with Crippen molar-refractivity contribution in [3.8, 4) is 0 Å². The van der Waals surface area contributed by atoms with Gasteiger partial charge in [0.15, 0.2) is 5.78 Å². The van der Waals surface area contributed by atoms with Crippen molar-refractivity contribution in [3.63, 3.8) is 0 Å². The van der Waals surface area contributed by atoms with Crippen LogP contribution in [0.3, 0.4) is 0 Å². The highest BCUT2D eigenvalue weighted by atomic mass is 19.1. The Morgan fingerprint density at radius 2 is 1.74 bits per heavy atom. The third kappa shape index (κ3) is 4.15. The second-order valence-corrected chi connectivity index (χ2v) is 8.68. The van der Waals surface area contributed by atoms with E-state index < -0.39 is 5.92 Å². The molecule has 34 heavy (non-hydrogen) atoms. The molecule has 2 atom stereocenters. The minimum atomic E-state index is -0.533. The molecule has 170 valence electrons. The van der Waals surface area contributed by atoms with E-state index in [2.05, 4.69) is 27.8 Å². The lowest BCUT2D eigenvalue weighted by Gasteiger charge is -2.37. The predicted molar refractivity (Wildman–Crippen MR) is 128 cm³/mol. The Morgan fingerprint density at radius 1 is 1.00 bits per heavy atom. The van der Waals surface area contributed by atoms with Crippen molar-refractivity contribution in [1.29, 1.82) is 0 Å². The monoisotopic (exact) mass is 453 g/mol. The first-order valence-corrected chi connectivity index (χ1v) is 11.3. The largest absolute Gasteiger partial charge is 0.362 e. The summed E-state index contributed by atoms with van der Waals surface area (Å²) in [5, 5.41) is 6.23. The number of hydrogen-bond acceptors (Lipinski definition) is 4. The molecule has 1 aliphatic carbocycles. The number of benzene rings is 2. The molecule has 1 amide bonds. The molecule has 0 bridgehead atoms. The summed E-state index contributed by atoms with van der Waals surface area (Å²) in [6.45, 7) is 1.85. The van der Waals surface area contributed by atoms with E-state index in [0.717, 1.165) is 16.8 Å². The van der Waals surface area contributed by atoms with Gasteiger partial charge in [-0.15, -0.1) is 0 Å². The number of amides is 1. The number of Topliss-reactive ketones (excluding diaryl/α,β-unsaturated/α-hetero) is 1. The van der Waals surface area contributed by atoms with Crippen molar-refractivity contribution in [2.24, 2.45) is 0 Å². The molecule has 1 aromatic heterocycles. The molecule has 6 heteroatoms. The number of carbonyl (C=O) groups is 2. The minimum absolute atomic E-state index is 0.0241. The van der Waals surface area contributed by atoms with E-state index in [0.29, 0.717) is 35.4 Å². The van der Waals surface area contributed by atoms with Crippen LogP contribution >= 0.6 is 0 Å². The topological polar surface area (TPSA) is 71.1 Å². The number of halogens is 1. The molecule has 2 heterocycles. The molecule has 1 aliphatic heterocycles. The van der Waals surface area contributed by atoms with Gasteiger partial charge in [0.05, 0.1) is 0 Å². The van der Waals surface area contributed by atoms with Gasteiger partial charge in [-0.25, -0.2) is 4.39 Å². The zero-order chi connectivity index (χ0) is 23.7. The van der Waals surface area contributed by atoms with Crippen LogP contribution in [0.1, 0.15) is 42.7 Å². The van der Waals surface area contributed by atoms with Gasteiger partial charge in [-0.05, 0) is 60.7 Å². The van der Waals surface area contributed by atoms with Crippen molar-refractivity contribution < 1.29 is 14.0 Å². The number of nitrogens with one attached hydrogen (secondary N) is 2. The van der Waals surface area contributed by atoms with E-state index in [-0.39, 0.29) is 23.4 Å². The minimum Gasteiger partial charge on any atom is -0.362 e. The van der Waals surface area contributed by atoms with Gasteiger partial charge >= 0.3 is 0 Å². The third-order valence-electron chi connectivity index (χ3n) is 6.46. The lowest BCUT2D eigenvalue weighted by Crippen LogP contribution is -2.37. The quantitative estimate of drug-likeness (QED) is 0.568. The number of aromatic nitrogens is 1. The first-order valence-electron chi connectivity index (χ1n) is 11.3. The summed E-state index contributed by atoms with van der Waals surface area (Å²) in [5.74, 6) is -1.14. The van der Waals surface area contributed by atoms with Crippen molar-refractivity contribution in [1.82, 2.24) is 10.3 Å². The zero-order valence-electron chi connectivity index (χ0n) is 18.7. The number of pyridine rings is 1. The summed E-state index contributed by atoms with van der Waals surface area (Å²) < 4.78 is 13.3. The van der Waals surface area contributed by atoms with Gasteiger partial charge in [0.2, 0.25) is 0 Å². The number of anilines is 1. The first-order chi connectivity index (χ1) is 16.5. The summed E-state index contributed by atoms with van der Waals surface area (Å²) in [6, 6.07) is 19.4. The lowest BCUT2D eigenvalue weighted by atomic mass is 9.72. The van der Waals surface area contributed by atoms with Crippen LogP contribution in [0.4, 0.5) is 10.1 Å². The fraction of sp³-hybridized carbons (Fsp3) is 0.179. The van der Waals surface area contributed by atoms with Crippen LogP contribution in [0.15, 0.2) is 102 Å². The Hall–Kier alpha value is -4.06. The maximum Gasteiger partial charge on any atom is 0.254 e. The van der Waals surface area contributed by atoms with Gasteiger partial charge in [0.1, 0.15) is 5.82 Å². The van der Waals surface area contributed by atoms with Crippen molar-refractivity contribution >= 4 is 17.4 Å². The highest BCUT2D eigenvalue weighted by Gasteiger charge is 2.41. The molecule has 0 saturated heterocycles. The average molecular weight is 454 g/mol. The average Bonchev–Trinajstić information content (AvgIpc) is 2.85. The summed E-state index contributed by atoms with van der Waals surface area (Å²) in [4.78, 5) is 31.3. The second kappa shape index (κ2) is 9.06. The second-order valence-electron chi connectivity index (χ2n) is 8.68. The van der Waals surface area contributed by atoms with Gasteiger partial charge in [-0.1, -0.05) is 36.4 Å². The van der Waals surface area contributed by atoms with Gasteiger partial charge < -0.3 is 10.6 Å². The molecule has 3 aromatic rings. The zero-order valence-corrected chi connectivity index (χ0v) is 18.7. The number of dihydropyridines is 1.